The van der Waals surface area contributed by atoms with Gasteiger partial charge in [0.1, 0.15) is 12.3 Å². The number of hydrogen-bond acceptors (Lipinski definition) is 5. The van der Waals surface area contributed by atoms with Gasteiger partial charge in [-0.2, -0.15) is 4.98 Å². The van der Waals surface area contributed by atoms with Gasteiger partial charge < -0.3 is 27.5 Å². The fourth-order valence-electron chi connectivity index (χ4n) is 4.63. The molecule has 0 fully saturated rings. The maximum atomic E-state index is 15.0. The summed E-state index contributed by atoms with van der Waals surface area (Å²) in [6.07, 6.45) is 4.71. The number of alkyl halides is 1. The van der Waals surface area contributed by atoms with Crippen LogP contribution in [-0.4, -0.2) is 46.3 Å². The number of guanidine groups is 1. The largest absolute Gasteiger partial charge is 0.370 e. The summed E-state index contributed by atoms with van der Waals surface area (Å²) in [5, 5.41) is 3.79. The average molecular weight is 585 g/mol. The Morgan fingerprint density at radius 2 is 1.95 bits per heavy atom. The van der Waals surface area contributed by atoms with E-state index >= 15 is 4.39 Å². The first-order valence-electron chi connectivity index (χ1n) is 13.5. The van der Waals surface area contributed by atoms with Crippen LogP contribution in [0.15, 0.2) is 58.4 Å². The number of halogens is 3. The average Bonchev–Trinajstić information content (AvgIpc) is 3.34. The second kappa shape index (κ2) is 13.7. The number of nitrogens with zero attached hydrogens (tertiary/aromatic N) is 3. The Labute approximate surface area is 241 Å². The van der Waals surface area contributed by atoms with Crippen molar-refractivity contribution < 1.29 is 8.78 Å². The molecule has 0 unspecified atom stereocenters. The summed E-state index contributed by atoms with van der Waals surface area (Å²) in [5.74, 6) is -0.525. The summed E-state index contributed by atoms with van der Waals surface area (Å²) in [4.78, 5) is 24.0. The number of hydrogen-bond donors (Lipinski definition) is 5. The number of H-pyrrole nitrogens is 1. The maximum absolute atomic E-state index is 15.0. The van der Waals surface area contributed by atoms with Crippen molar-refractivity contribution in [3.05, 3.63) is 81.1 Å². The summed E-state index contributed by atoms with van der Waals surface area (Å²) in [6, 6.07) is 11.7. The van der Waals surface area contributed by atoms with Crippen molar-refractivity contribution in [1.82, 2.24) is 19.9 Å². The van der Waals surface area contributed by atoms with Crippen molar-refractivity contribution in [2.45, 2.75) is 44.7 Å². The predicted molar refractivity (Wildman–Crippen MR) is 161 cm³/mol. The Kier molecular flexibility index (Phi) is 10.1. The fourth-order valence-corrected chi connectivity index (χ4v) is 4.87. The van der Waals surface area contributed by atoms with Crippen LogP contribution in [0.3, 0.4) is 0 Å². The first-order valence-corrected chi connectivity index (χ1v) is 13.9. The molecule has 0 saturated heterocycles. The lowest BCUT2D eigenvalue weighted by atomic mass is 10.0. The van der Waals surface area contributed by atoms with Gasteiger partial charge in [0.25, 0.3) is 0 Å². The molecule has 8 N–H and O–H groups in total. The third-order valence-electron chi connectivity index (χ3n) is 6.76. The molecule has 0 radical (unpaired) electrons. The molecule has 9 nitrogen and oxygen atoms in total. The van der Waals surface area contributed by atoms with Gasteiger partial charge in [-0.25, -0.2) is 13.6 Å². The van der Waals surface area contributed by atoms with E-state index in [4.69, 9.17) is 28.8 Å². The monoisotopic (exact) mass is 584 g/mol. The quantitative estimate of drug-likeness (QED) is 0.0905. The van der Waals surface area contributed by atoms with Crippen molar-refractivity contribution in [2.75, 3.05) is 19.8 Å². The van der Waals surface area contributed by atoms with Gasteiger partial charge in [-0.05, 0) is 80.6 Å². The standard InChI is InChI=1S/C29H35ClF2N8O/c1-17(33)4-2-5-18-12-22(26(32)23(30)13-18)24-14-20-16-40(29(41)39-27(20)38-24)21-8-6-19(7-9-21)25(15-31)36-10-3-11-37-28(34)35/h6-9,12-14,16-17,25,36H,2-5,10-11,15,33H2,1H3,(H4,34,35,37)(H,38,39,41)/t17-,25+/m0/s1. The minimum Gasteiger partial charge on any atom is -0.370 e. The van der Waals surface area contributed by atoms with Crippen LogP contribution in [0, 0.1) is 5.82 Å². The molecular formula is C29H35ClF2N8O. The molecule has 41 heavy (non-hydrogen) atoms. The SMILES string of the molecule is C[C@H](N)CCCc1cc(Cl)c(F)c(-c2cc3cn(-c4ccc([C@@H](CF)NCCCN=C(N)N)cc4)c(=O)nc3[nH]2)c1. The third kappa shape index (κ3) is 7.69. The fraction of sp³-hybridized carbons (Fsp3) is 0.345. The van der Waals surface area contributed by atoms with Gasteiger partial charge in [-0.1, -0.05) is 23.7 Å². The van der Waals surface area contributed by atoms with Gasteiger partial charge in [0.05, 0.1) is 22.4 Å². The van der Waals surface area contributed by atoms with E-state index in [-0.39, 0.29) is 17.0 Å². The highest BCUT2D eigenvalue weighted by Crippen LogP contribution is 2.31. The smallest absolute Gasteiger partial charge is 0.354 e. The van der Waals surface area contributed by atoms with E-state index in [1.165, 1.54) is 4.57 Å². The Hall–Kier alpha value is -3.80. The molecule has 2 aromatic carbocycles. The zero-order valence-electron chi connectivity index (χ0n) is 22.8. The van der Waals surface area contributed by atoms with Crippen LogP contribution in [0.5, 0.6) is 0 Å². The molecule has 218 valence electrons. The number of nitrogens with one attached hydrogen (secondary N) is 2. The first-order chi connectivity index (χ1) is 19.7. The minimum absolute atomic E-state index is 0.0240. The number of aromatic amines is 1. The highest BCUT2D eigenvalue weighted by molar-refractivity contribution is 6.31. The minimum atomic E-state index is -0.602. The summed E-state index contributed by atoms with van der Waals surface area (Å²) >= 11 is 6.21. The van der Waals surface area contributed by atoms with E-state index in [0.29, 0.717) is 53.9 Å². The second-order valence-corrected chi connectivity index (χ2v) is 10.5. The van der Waals surface area contributed by atoms with Crippen LogP contribution >= 0.6 is 11.6 Å². The molecule has 0 saturated carbocycles. The first kappa shape index (κ1) is 30.2. The number of rotatable bonds is 13. The number of aryl methyl sites for hydroxylation is 1. The molecule has 0 aliphatic heterocycles. The highest BCUT2D eigenvalue weighted by Gasteiger charge is 2.16. The lowest BCUT2D eigenvalue weighted by Gasteiger charge is -2.16. The van der Waals surface area contributed by atoms with E-state index in [1.54, 1.807) is 48.7 Å². The number of aliphatic imine (C=N–C) groups is 1. The summed E-state index contributed by atoms with van der Waals surface area (Å²) in [6.45, 7) is 2.33. The van der Waals surface area contributed by atoms with Crippen LogP contribution in [-0.2, 0) is 6.42 Å². The summed E-state index contributed by atoms with van der Waals surface area (Å²) < 4.78 is 30.2. The Morgan fingerprint density at radius 3 is 2.63 bits per heavy atom. The normalized spacial score (nSPS) is 12.9. The van der Waals surface area contributed by atoms with Crippen molar-refractivity contribution in [2.24, 2.45) is 22.2 Å². The van der Waals surface area contributed by atoms with E-state index in [9.17, 15) is 9.18 Å². The Bertz CT molecular complexity index is 1560. The zero-order valence-corrected chi connectivity index (χ0v) is 23.6. The molecule has 4 aromatic rings. The molecule has 2 heterocycles. The van der Waals surface area contributed by atoms with E-state index < -0.39 is 24.2 Å². The lowest BCUT2D eigenvalue weighted by Crippen LogP contribution is -2.26. The lowest BCUT2D eigenvalue weighted by molar-refractivity contribution is 0.381. The molecule has 4 rings (SSSR count). The van der Waals surface area contributed by atoms with Crippen LogP contribution in [0.25, 0.3) is 28.0 Å². The number of fused-ring (bicyclic) bond motifs is 1. The van der Waals surface area contributed by atoms with Crippen LogP contribution in [0.4, 0.5) is 8.78 Å². The van der Waals surface area contributed by atoms with Gasteiger partial charge in [0.15, 0.2) is 11.8 Å². The zero-order chi connectivity index (χ0) is 29.5. The van der Waals surface area contributed by atoms with Gasteiger partial charge in [0.2, 0.25) is 0 Å². The Balaban J connectivity index is 1.55. The van der Waals surface area contributed by atoms with Crippen LogP contribution in [0.2, 0.25) is 5.02 Å². The highest BCUT2D eigenvalue weighted by atomic mass is 35.5. The van der Waals surface area contributed by atoms with Crippen LogP contribution < -0.4 is 28.2 Å². The van der Waals surface area contributed by atoms with Gasteiger partial charge >= 0.3 is 5.69 Å². The molecular weight excluding hydrogens is 550 g/mol. The number of aromatic nitrogens is 3. The van der Waals surface area contributed by atoms with Crippen molar-refractivity contribution in [1.29, 1.82) is 0 Å². The molecule has 0 spiro atoms. The van der Waals surface area contributed by atoms with E-state index in [0.717, 1.165) is 24.0 Å². The van der Waals surface area contributed by atoms with E-state index in [2.05, 4.69) is 20.3 Å². The van der Waals surface area contributed by atoms with Gasteiger partial charge in [0, 0.05) is 29.7 Å². The summed E-state index contributed by atoms with van der Waals surface area (Å²) in [7, 11) is 0. The number of nitrogens with two attached hydrogens (primary N) is 3. The van der Waals surface area contributed by atoms with E-state index in [1.807, 2.05) is 6.92 Å². The topological polar surface area (TPSA) is 153 Å². The van der Waals surface area contributed by atoms with Crippen molar-refractivity contribution in [3.8, 4) is 16.9 Å². The van der Waals surface area contributed by atoms with Gasteiger partial charge in [-0.3, -0.25) is 9.56 Å². The molecule has 0 bridgehead atoms. The molecule has 2 atom stereocenters. The predicted octanol–water partition coefficient (Wildman–Crippen LogP) is 4.11. The summed E-state index contributed by atoms with van der Waals surface area (Å²) in [5.41, 5.74) is 19.3. The molecule has 0 aliphatic carbocycles. The third-order valence-corrected chi connectivity index (χ3v) is 7.03. The van der Waals surface area contributed by atoms with Crippen molar-refractivity contribution in [3.63, 3.8) is 0 Å². The number of benzene rings is 2. The molecule has 0 amide bonds. The molecule has 12 heteroatoms. The van der Waals surface area contributed by atoms with Crippen LogP contribution in [0.1, 0.15) is 43.4 Å². The second-order valence-electron chi connectivity index (χ2n) is 10.1. The molecule has 2 aromatic heterocycles. The Morgan fingerprint density at radius 1 is 1.20 bits per heavy atom. The molecule has 0 aliphatic rings. The maximum Gasteiger partial charge on any atom is 0.354 e. The van der Waals surface area contributed by atoms with Gasteiger partial charge in [-0.15, -0.1) is 0 Å². The van der Waals surface area contributed by atoms with Crippen molar-refractivity contribution >= 4 is 28.6 Å².